The van der Waals surface area contributed by atoms with Crippen LogP contribution in [0.5, 0.6) is 23.0 Å². The van der Waals surface area contributed by atoms with Crippen molar-refractivity contribution in [3.63, 3.8) is 0 Å². The van der Waals surface area contributed by atoms with E-state index in [1.54, 1.807) is 110 Å². The molecule has 6 aromatic rings. The minimum atomic E-state index is -1.76. The van der Waals surface area contributed by atoms with Crippen molar-refractivity contribution in [3.05, 3.63) is 152 Å². The number of thioether (sulfide) groups is 1. The maximum absolute atomic E-state index is 14.8. The maximum atomic E-state index is 14.8. The summed E-state index contributed by atoms with van der Waals surface area (Å²) in [5, 5.41) is 10.5. The molecule has 5 heterocycles. The van der Waals surface area contributed by atoms with Crippen LogP contribution >= 0.6 is 23.1 Å². The van der Waals surface area contributed by atoms with Gasteiger partial charge in [-0.2, -0.15) is 0 Å². The third kappa shape index (κ3) is 16.5. The summed E-state index contributed by atoms with van der Waals surface area (Å²) in [4.78, 5) is 110. The minimum Gasteiger partial charge on any atom is -0.497 e. The smallest absolute Gasteiger partial charge is 0.413 e. The van der Waals surface area contributed by atoms with Gasteiger partial charge in [-0.3, -0.25) is 29.4 Å². The third-order valence-electron chi connectivity index (χ3n) is 14.8. The monoisotopic (exact) mass is 1270 g/mol. The number of benzene rings is 4. The number of oxime groups is 1. The molecule has 0 spiro atoms. The average molecular weight is 1270 g/mol. The highest BCUT2D eigenvalue weighted by Gasteiger charge is 2.56. The van der Waals surface area contributed by atoms with E-state index < -0.39 is 76.7 Å². The lowest BCUT2D eigenvalue weighted by molar-refractivity contribution is -0.925. The molecule has 1 unspecified atom stereocenters. The molecule has 0 saturated carbocycles. The molecule has 0 radical (unpaired) electrons. The number of anilines is 1. The second-order valence-corrected chi connectivity index (χ2v) is 25.9. The number of aryl methyl sites for hydroxylation is 1. The topological polar surface area (TPSA) is 260 Å². The second-order valence-electron chi connectivity index (χ2n) is 23.9. The number of ether oxygens (including phenoxy) is 8. The van der Waals surface area contributed by atoms with Gasteiger partial charge in [0.15, 0.2) is 16.6 Å². The predicted molar refractivity (Wildman–Crippen MR) is 336 cm³/mol. The lowest BCUT2D eigenvalue weighted by Crippen LogP contribution is -2.71. The summed E-state index contributed by atoms with van der Waals surface area (Å²) in [6.45, 7) is 12.2. The number of hydrogen-bond donors (Lipinski definition) is 2. The Bertz CT molecular complexity index is 3750. The number of nitrogens with one attached hydrogen (secondary N) is 2. The summed E-state index contributed by atoms with van der Waals surface area (Å²) >= 11 is 2.26. The molecule has 3 aliphatic heterocycles. The van der Waals surface area contributed by atoms with Crippen LogP contribution in [0.4, 0.5) is 9.93 Å². The number of methoxy groups -OCH3 is 3. The SMILES string of the molecule is COc1ccc(COC(=O)C2=C(C[N+]3(Cc4ccc5c(c4)c(=O)c(OCc4ccc(OC)cc4)cn5C)CCCC3)CS[C@@H]3[C@H](NC(=O)C(=NOC(CC(=O)OC(C)(C)C)C(=O)OCc4ccc(OC)cc4)c4csc(NC(=O)OC(C)(C)C)n4)C(=O)N23)cc1. The molecule has 9 rings (SSSR count). The molecule has 0 bridgehead atoms. The summed E-state index contributed by atoms with van der Waals surface area (Å²) in [5.41, 5.74) is 1.72. The number of esters is 3. The van der Waals surface area contributed by atoms with Gasteiger partial charge in [0.25, 0.3) is 11.8 Å². The van der Waals surface area contributed by atoms with E-state index in [9.17, 15) is 33.6 Å². The van der Waals surface area contributed by atoms with E-state index in [1.807, 2.05) is 54.1 Å². The molecular weight excluding hydrogens is 1200 g/mol. The highest BCUT2D eigenvalue weighted by Crippen LogP contribution is 2.43. The number of rotatable bonds is 24. The van der Waals surface area contributed by atoms with Gasteiger partial charge in [0.2, 0.25) is 11.5 Å². The number of quaternary nitrogens is 1. The zero-order valence-corrected chi connectivity index (χ0v) is 53.5. The summed E-state index contributed by atoms with van der Waals surface area (Å²) < 4.78 is 46.9. The lowest BCUT2D eigenvalue weighted by Gasteiger charge is -2.50. The van der Waals surface area contributed by atoms with Gasteiger partial charge in [-0.05, 0) is 107 Å². The van der Waals surface area contributed by atoms with Crippen LogP contribution in [0.3, 0.4) is 0 Å². The molecule has 3 aliphatic rings. The summed E-state index contributed by atoms with van der Waals surface area (Å²) in [6, 6.07) is 25.8. The molecule has 3 atom stereocenters. The average Bonchev–Trinajstić information content (AvgIpc) is 0.764. The molecule has 23 nitrogen and oxygen atoms in total. The Labute approximate surface area is 529 Å². The van der Waals surface area contributed by atoms with Crippen LogP contribution in [0.2, 0.25) is 0 Å². The van der Waals surface area contributed by atoms with E-state index in [4.69, 9.17) is 42.7 Å². The first-order valence-corrected chi connectivity index (χ1v) is 31.1. The minimum absolute atomic E-state index is 0.00289. The molecule has 476 valence electrons. The van der Waals surface area contributed by atoms with Gasteiger partial charge in [-0.1, -0.05) is 47.6 Å². The van der Waals surface area contributed by atoms with Crippen molar-refractivity contribution in [2.24, 2.45) is 12.2 Å². The molecule has 2 fully saturated rings. The van der Waals surface area contributed by atoms with Crippen LogP contribution in [0.1, 0.15) is 88.8 Å². The standard InChI is InChI=1S/C65H73N7O16S2/c1-64(2,3)86-52(73)30-50(60(77)84-35-40-15-22-45(81-9)23-16-40)88-69-53(48-38-90-62(66-48)68-63(79)87-65(4,5)6)57(75)67-54-58(76)71-55(61(78)85-36-41-17-24-46(82-10)25-18-41)43(37-89-59(54)71)33-72(27-11-12-28-72)32-42-19-26-49-47(29-42)56(74)51(31-70(49)7)83-34-39-13-20-44(80-8)21-14-39/h13-26,29,31,38,50,54,59H,11-12,27-28,30,32-37H2,1-10H3,(H-,66,67,68,75,79)/p+1/t50?,54-,59-/m1/s1. The Hall–Kier alpha value is -8.94. The van der Waals surface area contributed by atoms with Crippen LogP contribution in [-0.2, 0) is 81.2 Å². The number of fused-ring (bicyclic) bond motifs is 2. The molecule has 2 saturated heterocycles. The van der Waals surface area contributed by atoms with E-state index in [-0.39, 0.29) is 53.3 Å². The van der Waals surface area contributed by atoms with Gasteiger partial charge in [0.05, 0.1) is 57.9 Å². The van der Waals surface area contributed by atoms with Crippen LogP contribution < -0.4 is 35.0 Å². The molecule has 3 amide bonds. The fourth-order valence-corrected chi connectivity index (χ4v) is 12.5. The lowest BCUT2D eigenvalue weighted by atomic mass is 10.0. The first-order chi connectivity index (χ1) is 42.9. The molecule has 2 aromatic heterocycles. The molecule has 90 heavy (non-hydrogen) atoms. The van der Waals surface area contributed by atoms with Crippen molar-refractivity contribution in [2.45, 2.75) is 116 Å². The molecular formula is C65H74N7O16S2+. The Morgan fingerprint density at radius 1 is 0.744 bits per heavy atom. The number of β-lactam (4-membered cyclic amide) rings is 1. The van der Waals surface area contributed by atoms with Crippen molar-refractivity contribution < 1.29 is 76.0 Å². The van der Waals surface area contributed by atoms with Gasteiger partial charge in [0.1, 0.15) is 84.2 Å². The Kier molecular flexibility index (Phi) is 20.6. The van der Waals surface area contributed by atoms with E-state index in [2.05, 4.69) is 20.8 Å². The highest BCUT2D eigenvalue weighted by molar-refractivity contribution is 8.00. The number of thiazole rings is 1. The molecule has 25 heteroatoms. The first kappa shape index (κ1) is 65.5. The Morgan fingerprint density at radius 3 is 1.91 bits per heavy atom. The van der Waals surface area contributed by atoms with E-state index in [1.165, 1.54) is 29.2 Å². The summed E-state index contributed by atoms with van der Waals surface area (Å²) in [5.74, 6) is -1.86. The van der Waals surface area contributed by atoms with Crippen molar-refractivity contribution in [1.29, 1.82) is 0 Å². The van der Waals surface area contributed by atoms with Crippen molar-refractivity contribution in [1.82, 2.24) is 19.8 Å². The van der Waals surface area contributed by atoms with Crippen molar-refractivity contribution in [3.8, 4) is 23.0 Å². The second kappa shape index (κ2) is 28.3. The third-order valence-corrected chi connectivity index (χ3v) is 16.9. The van der Waals surface area contributed by atoms with Gasteiger partial charge in [0, 0.05) is 42.2 Å². The van der Waals surface area contributed by atoms with E-state index >= 15 is 0 Å². The molecule has 0 aliphatic carbocycles. The van der Waals surface area contributed by atoms with E-state index in [0.29, 0.717) is 56.9 Å². The number of carbonyl (C=O) groups is 6. The van der Waals surface area contributed by atoms with Crippen molar-refractivity contribution >= 4 is 80.7 Å². The van der Waals surface area contributed by atoms with Gasteiger partial charge in [-0.25, -0.2) is 19.4 Å². The Balaban J connectivity index is 0.999. The molecule has 4 aromatic carbocycles. The number of aromatic nitrogens is 2. The van der Waals surface area contributed by atoms with Gasteiger partial charge >= 0.3 is 24.0 Å². The van der Waals surface area contributed by atoms with Gasteiger partial charge < -0.3 is 57.1 Å². The van der Waals surface area contributed by atoms with Crippen LogP contribution in [-0.4, -0.2) is 136 Å². The quantitative estimate of drug-likeness (QED) is 0.0143. The fourth-order valence-electron chi connectivity index (χ4n) is 10.5. The zero-order chi connectivity index (χ0) is 64.5. The maximum Gasteiger partial charge on any atom is 0.413 e. The Morgan fingerprint density at radius 2 is 1.32 bits per heavy atom. The van der Waals surface area contributed by atoms with Gasteiger partial charge in [-0.15, -0.1) is 23.1 Å². The van der Waals surface area contributed by atoms with Crippen molar-refractivity contribution in [2.75, 3.05) is 52.0 Å². The number of amides is 3. The number of likely N-dealkylation sites (tertiary alicyclic amines) is 1. The van der Waals surface area contributed by atoms with Crippen LogP contribution in [0.25, 0.3) is 10.9 Å². The number of hydrogen-bond acceptors (Lipinski definition) is 20. The molecule has 2 N–H and O–H groups in total. The summed E-state index contributed by atoms with van der Waals surface area (Å²) in [7, 11) is 6.52. The van der Waals surface area contributed by atoms with Crippen LogP contribution in [0.15, 0.2) is 124 Å². The number of pyridine rings is 1. The zero-order valence-electron chi connectivity index (χ0n) is 51.9. The van der Waals surface area contributed by atoms with Crippen LogP contribution in [0, 0.1) is 0 Å². The first-order valence-electron chi connectivity index (χ1n) is 29.1. The summed E-state index contributed by atoms with van der Waals surface area (Å²) in [6.07, 6.45) is 0.199. The number of nitrogens with zero attached hydrogens (tertiary/aromatic N) is 5. The highest BCUT2D eigenvalue weighted by atomic mass is 32.2. The van der Waals surface area contributed by atoms with E-state index in [0.717, 1.165) is 53.9 Å². The fraction of sp³-hybridized carbons (Fsp3) is 0.400. The largest absolute Gasteiger partial charge is 0.497 e. The predicted octanol–water partition coefficient (Wildman–Crippen LogP) is 8.72. The normalized spacial score (nSPS) is 16.7. The number of carbonyl (C=O) groups excluding carboxylic acids is 6.